The van der Waals surface area contributed by atoms with E-state index in [1.807, 2.05) is 13.8 Å². The molecule has 3 atom stereocenters. The minimum atomic E-state index is -0.748. The van der Waals surface area contributed by atoms with E-state index in [4.69, 9.17) is 4.74 Å². The number of ether oxygens (including phenoxy) is 1. The number of hydrogen-bond acceptors (Lipinski definition) is 5. The van der Waals surface area contributed by atoms with Gasteiger partial charge in [-0.25, -0.2) is 4.79 Å². The summed E-state index contributed by atoms with van der Waals surface area (Å²) >= 11 is 0. The molecule has 0 unspecified atom stereocenters. The number of rotatable bonds is 5. The van der Waals surface area contributed by atoms with E-state index in [1.165, 1.54) is 0 Å². The fraction of sp³-hybridized carbons (Fsp3) is 0.833. The molecule has 4 fully saturated rings. The smallest absolute Gasteiger partial charge is 0.321 e. The third-order valence-corrected chi connectivity index (χ3v) is 6.04. The molecule has 4 aliphatic rings. The number of aliphatic hydroxyl groups is 1. The summed E-state index contributed by atoms with van der Waals surface area (Å²) in [5, 5.41) is 15.5. The average molecular weight is 352 g/mol. The highest BCUT2D eigenvalue weighted by atomic mass is 16.5. The summed E-state index contributed by atoms with van der Waals surface area (Å²) in [5.74, 6) is -0.307. The summed E-state index contributed by atoms with van der Waals surface area (Å²) in [6, 6.07) is -0.623. The van der Waals surface area contributed by atoms with Crippen LogP contribution in [0.3, 0.4) is 0 Å². The molecule has 140 valence electrons. The van der Waals surface area contributed by atoms with Gasteiger partial charge in [-0.1, -0.05) is 6.92 Å². The van der Waals surface area contributed by atoms with Crippen LogP contribution in [0.4, 0.5) is 4.79 Å². The summed E-state index contributed by atoms with van der Waals surface area (Å²) in [4.78, 5) is 36.1. The van der Waals surface area contributed by atoms with Crippen molar-refractivity contribution in [2.75, 3.05) is 6.61 Å². The zero-order valence-electron chi connectivity index (χ0n) is 15.0. The third-order valence-electron chi connectivity index (χ3n) is 6.04. The maximum atomic E-state index is 12.6. The van der Waals surface area contributed by atoms with Gasteiger partial charge in [-0.2, -0.15) is 0 Å². The van der Waals surface area contributed by atoms with Crippen molar-refractivity contribution in [1.29, 1.82) is 0 Å². The van der Waals surface area contributed by atoms with Gasteiger partial charge < -0.3 is 15.2 Å². The molecule has 0 spiro atoms. The lowest BCUT2D eigenvalue weighted by Crippen LogP contribution is -2.58. The van der Waals surface area contributed by atoms with Crippen molar-refractivity contribution in [1.82, 2.24) is 10.6 Å². The van der Waals surface area contributed by atoms with Gasteiger partial charge in [0.15, 0.2) is 6.61 Å². The Balaban J connectivity index is 1.51. The number of carbonyl (C=O) groups is 3. The van der Waals surface area contributed by atoms with Crippen LogP contribution in [0.25, 0.3) is 0 Å². The van der Waals surface area contributed by atoms with Crippen LogP contribution in [0.15, 0.2) is 0 Å². The highest BCUT2D eigenvalue weighted by molar-refractivity contribution is 5.95. The van der Waals surface area contributed by atoms with Crippen LogP contribution in [0.1, 0.15) is 58.8 Å². The van der Waals surface area contributed by atoms with E-state index in [1.54, 1.807) is 0 Å². The lowest BCUT2D eigenvalue weighted by molar-refractivity contribution is -0.196. The second kappa shape index (κ2) is 6.59. The molecule has 4 saturated carbocycles. The highest BCUT2D eigenvalue weighted by Gasteiger charge is 2.60. The zero-order chi connectivity index (χ0) is 18.2. The topological polar surface area (TPSA) is 105 Å². The minimum Gasteiger partial charge on any atom is -0.455 e. The van der Waals surface area contributed by atoms with Crippen molar-refractivity contribution in [3.8, 4) is 0 Å². The van der Waals surface area contributed by atoms with Gasteiger partial charge in [-0.15, -0.1) is 0 Å². The molecule has 7 nitrogen and oxygen atoms in total. The fourth-order valence-electron chi connectivity index (χ4n) is 5.26. The fourth-order valence-corrected chi connectivity index (χ4v) is 5.26. The van der Waals surface area contributed by atoms with E-state index >= 15 is 0 Å². The maximum absolute atomic E-state index is 12.6. The van der Waals surface area contributed by atoms with Crippen LogP contribution in [0, 0.1) is 17.3 Å². The normalized spacial score (nSPS) is 36.6. The standard InChI is InChI=1S/C18H28N2O5/c1-3-11(2)19-16(23)20-14(21)9-25-15(22)17-5-12-4-13(6-17)8-18(24,7-12)10-17/h11-13,24H,3-10H2,1-2H3,(H2,19,20,21,23)/t11-,12+,13+,17?,18?/m1/s1. The first-order valence-electron chi connectivity index (χ1n) is 9.23. The quantitative estimate of drug-likeness (QED) is 0.650. The van der Waals surface area contributed by atoms with Gasteiger partial charge in [0, 0.05) is 6.04 Å². The Morgan fingerprint density at radius 3 is 2.40 bits per heavy atom. The number of amides is 3. The van der Waals surface area contributed by atoms with E-state index in [9.17, 15) is 19.5 Å². The van der Waals surface area contributed by atoms with Gasteiger partial charge in [0.25, 0.3) is 5.91 Å². The first-order valence-corrected chi connectivity index (χ1v) is 9.23. The Bertz CT molecular complexity index is 562. The maximum Gasteiger partial charge on any atom is 0.321 e. The number of urea groups is 1. The van der Waals surface area contributed by atoms with Crippen LogP contribution in [-0.4, -0.2) is 41.3 Å². The lowest BCUT2D eigenvalue weighted by Gasteiger charge is -2.58. The summed E-state index contributed by atoms with van der Waals surface area (Å²) in [5.41, 5.74) is -1.40. The van der Waals surface area contributed by atoms with Crippen LogP contribution < -0.4 is 10.6 Å². The van der Waals surface area contributed by atoms with E-state index in [2.05, 4.69) is 10.6 Å². The van der Waals surface area contributed by atoms with Gasteiger partial charge in [0.05, 0.1) is 11.0 Å². The summed E-state index contributed by atoms with van der Waals surface area (Å²) in [6.07, 6.45) is 5.28. The molecule has 4 aliphatic carbocycles. The van der Waals surface area contributed by atoms with Crippen molar-refractivity contribution in [3.05, 3.63) is 0 Å². The van der Waals surface area contributed by atoms with Crippen molar-refractivity contribution >= 4 is 17.9 Å². The second-order valence-corrected chi connectivity index (χ2v) is 8.37. The molecule has 25 heavy (non-hydrogen) atoms. The van der Waals surface area contributed by atoms with E-state index < -0.39 is 35.5 Å². The first kappa shape index (κ1) is 18.2. The van der Waals surface area contributed by atoms with Crippen molar-refractivity contribution in [2.45, 2.75) is 70.4 Å². The van der Waals surface area contributed by atoms with Gasteiger partial charge >= 0.3 is 12.0 Å². The average Bonchev–Trinajstić information content (AvgIpc) is 2.49. The first-order chi connectivity index (χ1) is 11.7. The number of hydrogen-bond donors (Lipinski definition) is 3. The molecule has 0 aliphatic heterocycles. The zero-order valence-corrected chi connectivity index (χ0v) is 15.0. The van der Waals surface area contributed by atoms with Gasteiger partial charge in [0.2, 0.25) is 0 Å². The van der Waals surface area contributed by atoms with Gasteiger partial charge in [-0.05, 0) is 63.7 Å². The molecule has 3 amide bonds. The predicted molar refractivity (Wildman–Crippen MR) is 89.5 cm³/mol. The molecular formula is C18H28N2O5. The monoisotopic (exact) mass is 352 g/mol. The van der Waals surface area contributed by atoms with Crippen molar-refractivity contribution in [2.24, 2.45) is 17.3 Å². The predicted octanol–water partition coefficient (Wildman–Crippen LogP) is 1.49. The van der Waals surface area contributed by atoms with Crippen LogP contribution >= 0.6 is 0 Å². The molecule has 7 heteroatoms. The molecule has 0 heterocycles. The van der Waals surface area contributed by atoms with Crippen LogP contribution in [-0.2, 0) is 14.3 Å². The molecule has 4 rings (SSSR count). The summed E-state index contributed by atoms with van der Waals surface area (Å²) < 4.78 is 5.22. The number of esters is 1. The third kappa shape index (κ3) is 3.81. The van der Waals surface area contributed by atoms with Gasteiger partial charge in [0.1, 0.15) is 0 Å². The molecule has 0 aromatic heterocycles. The molecule has 3 N–H and O–H groups in total. The molecule has 0 saturated heterocycles. The van der Waals surface area contributed by atoms with Crippen molar-refractivity contribution < 1.29 is 24.2 Å². The Hall–Kier alpha value is -1.63. The van der Waals surface area contributed by atoms with Crippen LogP contribution in [0.5, 0.6) is 0 Å². The van der Waals surface area contributed by atoms with Crippen LogP contribution in [0.2, 0.25) is 0 Å². The van der Waals surface area contributed by atoms with E-state index in [0.717, 1.165) is 38.5 Å². The molecule has 0 radical (unpaired) electrons. The lowest BCUT2D eigenvalue weighted by atomic mass is 9.48. The summed E-state index contributed by atoms with van der Waals surface area (Å²) in [7, 11) is 0. The largest absolute Gasteiger partial charge is 0.455 e. The van der Waals surface area contributed by atoms with E-state index in [0.29, 0.717) is 18.3 Å². The Kier molecular flexibility index (Phi) is 4.79. The molecule has 0 aromatic carbocycles. The number of imide groups is 1. The summed E-state index contributed by atoms with van der Waals surface area (Å²) in [6.45, 7) is 3.29. The Morgan fingerprint density at radius 1 is 1.20 bits per heavy atom. The highest BCUT2D eigenvalue weighted by Crippen LogP contribution is 2.61. The molecular weight excluding hydrogens is 324 g/mol. The molecule has 4 bridgehead atoms. The van der Waals surface area contributed by atoms with Gasteiger partial charge in [-0.3, -0.25) is 14.9 Å². The second-order valence-electron chi connectivity index (χ2n) is 8.37. The number of carbonyl (C=O) groups excluding carboxylic acids is 3. The Labute approximate surface area is 147 Å². The SMILES string of the molecule is CC[C@@H](C)NC(=O)NC(=O)COC(=O)C12C[C@@H]3C[C@H](CC(O)(C3)C1)C2. The van der Waals surface area contributed by atoms with E-state index in [-0.39, 0.29) is 6.04 Å². The minimum absolute atomic E-state index is 0.0388. The Morgan fingerprint density at radius 2 is 1.84 bits per heavy atom. The number of nitrogens with one attached hydrogen (secondary N) is 2. The van der Waals surface area contributed by atoms with Crippen molar-refractivity contribution in [3.63, 3.8) is 0 Å². The molecule has 0 aromatic rings.